The number of nitriles is 1. The van der Waals surface area contributed by atoms with Gasteiger partial charge in [-0.05, 0) is 42.8 Å². The Kier molecular flexibility index (Phi) is 4.46. The second-order valence-corrected chi connectivity index (χ2v) is 5.02. The Morgan fingerprint density at radius 1 is 1.29 bits per heavy atom. The van der Waals surface area contributed by atoms with E-state index in [-0.39, 0.29) is 6.03 Å². The van der Waals surface area contributed by atoms with Gasteiger partial charge in [-0.3, -0.25) is 4.90 Å². The highest BCUT2D eigenvalue weighted by Crippen LogP contribution is 2.21. The lowest BCUT2D eigenvalue weighted by atomic mass is 10.2. The normalized spacial score (nSPS) is 9.81. The van der Waals surface area contributed by atoms with Crippen LogP contribution in [0.1, 0.15) is 11.1 Å². The van der Waals surface area contributed by atoms with E-state index in [9.17, 15) is 4.79 Å². The van der Waals surface area contributed by atoms with Crippen LogP contribution in [0.3, 0.4) is 0 Å². The topological polar surface area (TPSA) is 56.1 Å². The molecule has 0 aliphatic heterocycles. The molecule has 0 heterocycles. The summed E-state index contributed by atoms with van der Waals surface area (Å²) in [7, 11) is 1.64. The van der Waals surface area contributed by atoms with Gasteiger partial charge in [-0.1, -0.05) is 23.7 Å². The number of halogens is 1. The van der Waals surface area contributed by atoms with E-state index < -0.39 is 0 Å². The van der Waals surface area contributed by atoms with Crippen molar-refractivity contribution in [1.29, 1.82) is 5.26 Å². The Balaban J connectivity index is 2.15. The van der Waals surface area contributed by atoms with Crippen LogP contribution in [0.15, 0.2) is 42.5 Å². The molecule has 0 aliphatic carbocycles. The van der Waals surface area contributed by atoms with Gasteiger partial charge in [0.2, 0.25) is 0 Å². The van der Waals surface area contributed by atoms with Gasteiger partial charge in [0.1, 0.15) is 0 Å². The molecule has 2 aromatic rings. The lowest BCUT2D eigenvalue weighted by molar-refractivity contribution is 0.258. The SMILES string of the molecule is Cc1ccc(NC(=O)N(C)c2cccc(C#N)c2)cc1Cl. The summed E-state index contributed by atoms with van der Waals surface area (Å²) in [5.74, 6) is 0. The molecule has 0 unspecified atom stereocenters. The van der Waals surface area contributed by atoms with Gasteiger partial charge < -0.3 is 5.32 Å². The highest BCUT2D eigenvalue weighted by molar-refractivity contribution is 6.31. The standard InChI is InChI=1S/C16H14ClN3O/c1-11-6-7-13(9-15(11)17)19-16(21)20(2)14-5-3-4-12(8-14)10-18/h3-9H,1-2H3,(H,19,21). The minimum atomic E-state index is -0.301. The van der Waals surface area contributed by atoms with E-state index >= 15 is 0 Å². The number of nitrogens with one attached hydrogen (secondary N) is 1. The van der Waals surface area contributed by atoms with Gasteiger partial charge in [0, 0.05) is 23.4 Å². The maximum atomic E-state index is 12.2. The number of hydrogen-bond donors (Lipinski definition) is 1. The number of urea groups is 1. The number of anilines is 2. The minimum Gasteiger partial charge on any atom is -0.307 e. The van der Waals surface area contributed by atoms with Crippen molar-refractivity contribution in [3.8, 4) is 6.07 Å². The Bertz CT molecular complexity index is 722. The fraction of sp³-hybridized carbons (Fsp3) is 0.125. The molecule has 1 N–H and O–H groups in total. The van der Waals surface area contributed by atoms with Crippen LogP contribution in [-0.4, -0.2) is 13.1 Å². The van der Waals surface area contributed by atoms with Crippen molar-refractivity contribution in [3.63, 3.8) is 0 Å². The quantitative estimate of drug-likeness (QED) is 0.904. The molecule has 0 bridgehead atoms. The Morgan fingerprint density at radius 2 is 2.05 bits per heavy atom. The molecular formula is C16H14ClN3O. The summed E-state index contributed by atoms with van der Waals surface area (Å²) < 4.78 is 0. The highest BCUT2D eigenvalue weighted by Gasteiger charge is 2.12. The first kappa shape index (κ1) is 14.9. The van der Waals surface area contributed by atoms with E-state index in [4.69, 9.17) is 16.9 Å². The van der Waals surface area contributed by atoms with Crippen LogP contribution in [0.25, 0.3) is 0 Å². The van der Waals surface area contributed by atoms with Crippen molar-refractivity contribution in [1.82, 2.24) is 0 Å². The van der Waals surface area contributed by atoms with Crippen molar-refractivity contribution in [2.45, 2.75) is 6.92 Å². The summed E-state index contributed by atoms with van der Waals surface area (Å²) in [6.45, 7) is 1.90. The summed E-state index contributed by atoms with van der Waals surface area (Å²) in [5, 5.41) is 12.3. The maximum absolute atomic E-state index is 12.2. The number of carbonyl (C=O) groups is 1. The lowest BCUT2D eigenvalue weighted by Gasteiger charge is -2.18. The van der Waals surface area contributed by atoms with Gasteiger partial charge in [-0.15, -0.1) is 0 Å². The number of aryl methyl sites for hydroxylation is 1. The van der Waals surface area contributed by atoms with Gasteiger partial charge in [-0.25, -0.2) is 4.79 Å². The van der Waals surface area contributed by atoms with E-state index in [1.165, 1.54) is 4.90 Å². The van der Waals surface area contributed by atoms with Crippen molar-refractivity contribution in [2.75, 3.05) is 17.3 Å². The molecule has 2 amide bonds. The summed E-state index contributed by atoms with van der Waals surface area (Å²) >= 11 is 6.03. The van der Waals surface area contributed by atoms with Crippen LogP contribution in [-0.2, 0) is 0 Å². The zero-order chi connectivity index (χ0) is 15.4. The molecule has 106 valence electrons. The Labute approximate surface area is 128 Å². The zero-order valence-electron chi connectivity index (χ0n) is 11.7. The van der Waals surface area contributed by atoms with Gasteiger partial charge in [0.25, 0.3) is 0 Å². The first-order chi connectivity index (χ1) is 10.0. The molecule has 0 aromatic heterocycles. The third-order valence-electron chi connectivity index (χ3n) is 3.09. The molecule has 2 rings (SSSR count). The number of benzene rings is 2. The summed E-state index contributed by atoms with van der Waals surface area (Å²) in [4.78, 5) is 13.6. The molecular weight excluding hydrogens is 286 g/mol. The molecule has 5 heteroatoms. The van der Waals surface area contributed by atoms with E-state index in [1.54, 1.807) is 43.4 Å². The van der Waals surface area contributed by atoms with Crippen molar-refractivity contribution < 1.29 is 4.79 Å². The molecule has 0 atom stereocenters. The summed E-state index contributed by atoms with van der Waals surface area (Å²) in [5.41, 5.74) is 2.72. The van der Waals surface area contributed by atoms with Crippen molar-refractivity contribution in [3.05, 3.63) is 58.6 Å². The van der Waals surface area contributed by atoms with Gasteiger partial charge in [0.05, 0.1) is 11.6 Å². The van der Waals surface area contributed by atoms with Crippen LogP contribution < -0.4 is 10.2 Å². The fourth-order valence-corrected chi connectivity index (χ4v) is 1.96. The third-order valence-corrected chi connectivity index (χ3v) is 3.50. The van der Waals surface area contributed by atoms with Gasteiger partial charge in [0.15, 0.2) is 0 Å². The first-order valence-electron chi connectivity index (χ1n) is 6.32. The first-order valence-corrected chi connectivity index (χ1v) is 6.70. The highest BCUT2D eigenvalue weighted by atomic mass is 35.5. The molecule has 0 aliphatic rings. The molecule has 0 radical (unpaired) electrons. The minimum absolute atomic E-state index is 0.301. The van der Waals surface area contributed by atoms with Crippen LogP contribution in [0, 0.1) is 18.3 Å². The molecule has 0 saturated carbocycles. The van der Waals surface area contributed by atoms with E-state index in [0.29, 0.717) is 22.0 Å². The van der Waals surface area contributed by atoms with E-state index in [0.717, 1.165) is 5.56 Å². The summed E-state index contributed by atoms with van der Waals surface area (Å²) in [6.07, 6.45) is 0. The third kappa shape index (κ3) is 3.53. The van der Waals surface area contributed by atoms with Crippen LogP contribution in [0.5, 0.6) is 0 Å². The molecule has 0 spiro atoms. The largest absolute Gasteiger partial charge is 0.326 e. The number of nitrogens with zero attached hydrogens (tertiary/aromatic N) is 2. The monoisotopic (exact) mass is 299 g/mol. The predicted octanol–water partition coefficient (Wildman–Crippen LogP) is 4.19. The van der Waals surface area contributed by atoms with Crippen LogP contribution in [0.2, 0.25) is 5.02 Å². The number of hydrogen-bond acceptors (Lipinski definition) is 2. The lowest BCUT2D eigenvalue weighted by Crippen LogP contribution is -2.31. The molecule has 4 nitrogen and oxygen atoms in total. The van der Waals surface area contributed by atoms with Crippen LogP contribution in [0.4, 0.5) is 16.2 Å². The van der Waals surface area contributed by atoms with Gasteiger partial charge >= 0.3 is 6.03 Å². The molecule has 2 aromatic carbocycles. The smallest absolute Gasteiger partial charge is 0.307 e. The Morgan fingerprint density at radius 3 is 2.71 bits per heavy atom. The number of carbonyl (C=O) groups excluding carboxylic acids is 1. The van der Waals surface area contributed by atoms with Crippen LogP contribution >= 0.6 is 11.6 Å². The predicted molar refractivity (Wildman–Crippen MR) is 84.8 cm³/mol. The fourth-order valence-electron chi connectivity index (χ4n) is 1.78. The van der Waals surface area contributed by atoms with E-state index in [2.05, 4.69) is 5.32 Å². The van der Waals surface area contributed by atoms with Crippen molar-refractivity contribution >= 4 is 29.0 Å². The second-order valence-electron chi connectivity index (χ2n) is 4.62. The summed E-state index contributed by atoms with van der Waals surface area (Å²) in [6, 6.07) is 13.9. The zero-order valence-corrected chi connectivity index (χ0v) is 12.5. The molecule has 21 heavy (non-hydrogen) atoms. The van der Waals surface area contributed by atoms with Crippen molar-refractivity contribution in [2.24, 2.45) is 0 Å². The Hall–Kier alpha value is -2.51. The average Bonchev–Trinajstić information content (AvgIpc) is 2.50. The number of rotatable bonds is 2. The molecule has 0 saturated heterocycles. The second kappa shape index (κ2) is 6.29. The van der Waals surface area contributed by atoms with E-state index in [1.807, 2.05) is 19.1 Å². The molecule has 0 fully saturated rings. The average molecular weight is 300 g/mol. The number of amides is 2. The maximum Gasteiger partial charge on any atom is 0.326 e. The van der Waals surface area contributed by atoms with Gasteiger partial charge in [-0.2, -0.15) is 5.26 Å².